The van der Waals surface area contributed by atoms with E-state index in [-0.39, 0.29) is 35.2 Å². The molecule has 2 heterocycles. The average molecular weight is 471 g/mol. The summed E-state index contributed by atoms with van der Waals surface area (Å²) in [6, 6.07) is 7.15. The molecule has 0 radical (unpaired) electrons. The van der Waals surface area contributed by atoms with Gasteiger partial charge in [-0.2, -0.15) is 0 Å². The van der Waals surface area contributed by atoms with Crippen LogP contribution in [0.3, 0.4) is 0 Å². The summed E-state index contributed by atoms with van der Waals surface area (Å²) in [4.78, 5) is 14.8. The van der Waals surface area contributed by atoms with Crippen molar-refractivity contribution in [2.45, 2.75) is 57.4 Å². The molecule has 2 unspecified atom stereocenters. The molecule has 1 aliphatic rings. The Kier molecular flexibility index (Phi) is 7.47. The van der Waals surface area contributed by atoms with Crippen molar-refractivity contribution in [1.29, 1.82) is 0 Å². The van der Waals surface area contributed by atoms with Gasteiger partial charge < -0.3 is 9.47 Å². The number of thioether (sulfide) groups is 1. The van der Waals surface area contributed by atoms with Crippen LogP contribution in [-0.4, -0.2) is 63.3 Å². The number of aromatic nitrogens is 3. The number of hydrogen-bond acceptors (Lipinski definition) is 6. The molecule has 7 nitrogen and oxygen atoms in total. The molecule has 0 spiro atoms. The predicted molar refractivity (Wildman–Crippen MR) is 121 cm³/mol. The highest BCUT2D eigenvalue weighted by Crippen LogP contribution is 2.27. The van der Waals surface area contributed by atoms with Crippen molar-refractivity contribution in [2.24, 2.45) is 0 Å². The van der Waals surface area contributed by atoms with E-state index in [0.29, 0.717) is 23.1 Å². The summed E-state index contributed by atoms with van der Waals surface area (Å²) < 4.78 is 25.8. The van der Waals surface area contributed by atoms with Crippen LogP contribution < -0.4 is 0 Å². The highest BCUT2D eigenvalue weighted by molar-refractivity contribution is 7.99. The van der Waals surface area contributed by atoms with Crippen molar-refractivity contribution >= 4 is 39.1 Å². The Morgan fingerprint density at radius 3 is 2.57 bits per heavy atom. The lowest BCUT2D eigenvalue weighted by Crippen LogP contribution is -2.47. The second-order valence-corrected chi connectivity index (χ2v) is 11.1. The second-order valence-electron chi connectivity index (χ2n) is 7.46. The van der Waals surface area contributed by atoms with Crippen LogP contribution in [0.1, 0.15) is 33.6 Å². The first-order valence-corrected chi connectivity index (χ1v) is 13.3. The third-order valence-electron chi connectivity index (χ3n) is 5.42. The van der Waals surface area contributed by atoms with E-state index >= 15 is 0 Å². The molecule has 1 saturated heterocycles. The summed E-state index contributed by atoms with van der Waals surface area (Å²) in [7, 11) is -3.06. The van der Waals surface area contributed by atoms with Crippen molar-refractivity contribution in [3.63, 3.8) is 0 Å². The van der Waals surface area contributed by atoms with E-state index < -0.39 is 9.84 Å². The minimum atomic E-state index is -3.06. The zero-order valence-corrected chi connectivity index (χ0v) is 19.8. The summed E-state index contributed by atoms with van der Waals surface area (Å²) in [6.45, 7) is 6.65. The Bertz CT molecular complexity index is 992. The molecule has 0 N–H and O–H groups in total. The molecule has 3 rings (SSSR count). The van der Waals surface area contributed by atoms with E-state index in [1.54, 1.807) is 4.90 Å². The number of carbonyl (C=O) groups excluding carboxylic acids is 1. The Labute approximate surface area is 187 Å². The molecule has 0 bridgehead atoms. The van der Waals surface area contributed by atoms with Crippen LogP contribution in [0.25, 0.3) is 11.4 Å². The van der Waals surface area contributed by atoms with E-state index in [9.17, 15) is 13.2 Å². The number of carbonyl (C=O) groups is 1. The van der Waals surface area contributed by atoms with Crippen LogP contribution in [0.15, 0.2) is 29.4 Å². The first-order valence-electron chi connectivity index (χ1n) is 10.1. The lowest BCUT2D eigenvalue weighted by atomic mass is 10.1. The van der Waals surface area contributed by atoms with Gasteiger partial charge in [0.25, 0.3) is 0 Å². The van der Waals surface area contributed by atoms with Gasteiger partial charge in [0, 0.05) is 29.2 Å². The predicted octanol–water partition coefficient (Wildman–Crippen LogP) is 3.52. The summed E-state index contributed by atoms with van der Waals surface area (Å²) in [6.07, 6.45) is 1.29. The largest absolute Gasteiger partial charge is 0.335 e. The van der Waals surface area contributed by atoms with Gasteiger partial charge in [0.1, 0.15) is 0 Å². The van der Waals surface area contributed by atoms with Gasteiger partial charge in [0.05, 0.1) is 17.3 Å². The molecule has 1 fully saturated rings. The Balaban J connectivity index is 1.75. The highest BCUT2D eigenvalue weighted by Gasteiger charge is 2.36. The maximum Gasteiger partial charge on any atom is 0.233 e. The molecule has 1 aromatic heterocycles. The Hall–Kier alpha value is -1.58. The Morgan fingerprint density at radius 1 is 1.30 bits per heavy atom. The molecular weight excluding hydrogens is 444 g/mol. The summed E-state index contributed by atoms with van der Waals surface area (Å²) in [5, 5.41) is 9.90. The molecule has 164 valence electrons. The quantitative estimate of drug-likeness (QED) is 0.548. The van der Waals surface area contributed by atoms with E-state index in [4.69, 9.17) is 11.6 Å². The lowest BCUT2D eigenvalue weighted by molar-refractivity contribution is -0.132. The molecule has 1 amide bonds. The number of nitrogens with zero attached hydrogens (tertiary/aromatic N) is 4. The summed E-state index contributed by atoms with van der Waals surface area (Å²) in [5.41, 5.74) is 0.907. The van der Waals surface area contributed by atoms with Gasteiger partial charge >= 0.3 is 0 Å². The fourth-order valence-corrected chi connectivity index (χ4v) is 6.40. The van der Waals surface area contributed by atoms with Gasteiger partial charge in [0.15, 0.2) is 20.8 Å². The smallest absolute Gasteiger partial charge is 0.233 e. The standard InChI is InChI=1S/C20H27ClN4O3S2/c1-4-14(3)25(17-10-11-30(27,28)13-17)18(26)12-29-20-23-22-19(24(20)5-2)15-6-8-16(21)9-7-15/h6-9,14,17H,4-5,10-13H2,1-3H3. The summed E-state index contributed by atoms with van der Waals surface area (Å²) in [5.74, 6) is 1.07. The SMILES string of the molecule is CCC(C)N(C(=O)CSc1nnc(-c2ccc(Cl)cc2)n1CC)C1CCS(=O)(=O)C1. The number of benzene rings is 1. The third-order valence-corrected chi connectivity index (χ3v) is 8.37. The number of halogens is 1. The fraction of sp³-hybridized carbons (Fsp3) is 0.550. The molecule has 30 heavy (non-hydrogen) atoms. The van der Waals surface area contributed by atoms with E-state index in [2.05, 4.69) is 10.2 Å². The molecule has 10 heteroatoms. The first kappa shape index (κ1) is 23.1. The second kappa shape index (κ2) is 9.70. The monoisotopic (exact) mass is 470 g/mol. The van der Waals surface area contributed by atoms with E-state index in [1.807, 2.05) is 49.6 Å². The van der Waals surface area contributed by atoms with Crippen LogP contribution >= 0.6 is 23.4 Å². The van der Waals surface area contributed by atoms with Crippen LogP contribution in [0.5, 0.6) is 0 Å². The van der Waals surface area contributed by atoms with Crippen molar-refractivity contribution in [3.05, 3.63) is 29.3 Å². The normalized spacial score (nSPS) is 19.0. The highest BCUT2D eigenvalue weighted by atomic mass is 35.5. The van der Waals surface area contributed by atoms with Crippen LogP contribution in [0, 0.1) is 0 Å². The van der Waals surface area contributed by atoms with Crippen molar-refractivity contribution in [3.8, 4) is 11.4 Å². The molecule has 2 aromatic rings. The minimum absolute atomic E-state index is 0.00919. The van der Waals surface area contributed by atoms with Gasteiger partial charge in [-0.1, -0.05) is 30.3 Å². The Morgan fingerprint density at radius 2 is 2.00 bits per heavy atom. The van der Waals surface area contributed by atoms with Crippen molar-refractivity contribution < 1.29 is 13.2 Å². The van der Waals surface area contributed by atoms with Crippen LogP contribution in [0.4, 0.5) is 0 Å². The van der Waals surface area contributed by atoms with Gasteiger partial charge in [-0.25, -0.2) is 8.42 Å². The first-order chi connectivity index (χ1) is 14.3. The number of amides is 1. The van der Waals surface area contributed by atoms with Gasteiger partial charge in [-0.3, -0.25) is 4.79 Å². The number of rotatable bonds is 8. The zero-order chi connectivity index (χ0) is 21.9. The third kappa shape index (κ3) is 5.18. The molecule has 0 aliphatic carbocycles. The van der Waals surface area contributed by atoms with Gasteiger partial charge in [-0.15, -0.1) is 10.2 Å². The van der Waals surface area contributed by atoms with Crippen molar-refractivity contribution in [2.75, 3.05) is 17.3 Å². The molecule has 2 atom stereocenters. The fourth-order valence-electron chi connectivity index (χ4n) is 3.69. The van der Waals surface area contributed by atoms with Crippen LogP contribution in [-0.2, 0) is 21.2 Å². The summed E-state index contributed by atoms with van der Waals surface area (Å²) >= 11 is 7.31. The van der Waals surface area contributed by atoms with Crippen molar-refractivity contribution in [1.82, 2.24) is 19.7 Å². The minimum Gasteiger partial charge on any atom is -0.335 e. The number of hydrogen-bond donors (Lipinski definition) is 0. The van der Waals surface area contributed by atoms with Gasteiger partial charge in [0.2, 0.25) is 5.91 Å². The van der Waals surface area contributed by atoms with E-state index in [0.717, 1.165) is 17.8 Å². The topological polar surface area (TPSA) is 85.2 Å². The molecule has 1 aliphatic heterocycles. The van der Waals surface area contributed by atoms with Gasteiger partial charge in [-0.05, 0) is 51.0 Å². The van der Waals surface area contributed by atoms with E-state index in [1.165, 1.54) is 11.8 Å². The molecule has 0 saturated carbocycles. The maximum absolute atomic E-state index is 13.1. The molecule has 1 aromatic carbocycles. The zero-order valence-electron chi connectivity index (χ0n) is 17.4. The molecular formula is C20H27ClN4O3S2. The average Bonchev–Trinajstić information content (AvgIpc) is 3.29. The van der Waals surface area contributed by atoms with Crippen LogP contribution in [0.2, 0.25) is 5.02 Å². The number of sulfone groups is 1. The maximum atomic E-state index is 13.1. The lowest BCUT2D eigenvalue weighted by Gasteiger charge is -2.33.